The molecule has 0 aliphatic carbocycles. The molecule has 3 N–H and O–H groups in total. The van der Waals surface area contributed by atoms with Gasteiger partial charge in [-0.2, -0.15) is 0 Å². The Hall–Kier alpha value is -4.61. The fourth-order valence-electron chi connectivity index (χ4n) is 4.93. The Morgan fingerprint density at radius 2 is 1.59 bits per heavy atom. The molecule has 3 atom stereocenters. The monoisotopic (exact) mass is 562 g/mol. The number of nitrogens with zero attached hydrogens (tertiary/aromatic N) is 2. The number of carboxylic acid groups (broad SMARTS) is 3. The lowest BCUT2D eigenvalue weighted by atomic mass is 9.86. The zero-order chi connectivity index (χ0) is 29.6. The second kappa shape index (κ2) is 12.7. The molecule has 1 aromatic heterocycles. The van der Waals surface area contributed by atoms with Crippen LogP contribution in [-0.4, -0.2) is 80.1 Å². The van der Waals surface area contributed by atoms with Gasteiger partial charge in [0.15, 0.2) is 6.10 Å². The number of aliphatic carboxylic acids is 3. The molecule has 4 rings (SSSR count). The van der Waals surface area contributed by atoms with Gasteiger partial charge in [-0.05, 0) is 37.0 Å². The number of pyridine rings is 1. The molecule has 0 bridgehead atoms. The van der Waals surface area contributed by atoms with Crippen molar-refractivity contribution < 1.29 is 44.0 Å². The Kier molecular flexibility index (Phi) is 9.10. The number of benzene rings is 2. The summed E-state index contributed by atoms with van der Waals surface area (Å²) < 4.78 is 10.0. The van der Waals surface area contributed by atoms with Crippen LogP contribution in [0.5, 0.6) is 0 Å². The molecule has 1 saturated heterocycles. The standard InChI is InChI=1S/C30H30N2O9/c1-19(32(17-26(33)34)27(35)25-18-40-30(41-25,28(36)37)29(38)39)23(14-12-20-8-4-2-5-9-20)22-13-15-24(31-16-22)21-10-6-3-7-11-21/h2-11,13,15-16,19,23,25H,12,14,17-18H2,1H3,(H,33,34)(H,36,37)(H,38,39). The molecule has 1 aliphatic rings. The molecule has 214 valence electrons. The van der Waals surface area contributed by atoms with Crippen LogP contribution in [0.3, 0.4) is 0 Å². The van der Waals surface area contributed by atoms with E-state index in [0.717, 1.165) is 27.3 Å². The van der Waals surface area contributed by atoms with Gasteiger partial charge in [0, 0.05) is 23.7 Å². The third-order valence-electron chi connectivity index (χ3n) is 7.12. The second-order valence-corrected chi connectivity index (χ2v) is 9.72. The summed E-state index contributed by atoms with van der Waals surface area (Å²) in [5, 5.41) is 28.4. The molecular weight excluding hydrogens is 532 g/mol. The van der Waals surface area contributed by atoms with Gasteiger partial charge in [-0.15, -0.1) is 0 Å². The summed E-state index contributed by atoms with van der Waals surface area (Å²) in [6, 6.07) is 22.3. The van der Waals surface area contributed by atoms with Gasteiger partial charge >= 0.3 is 23.7 Å². The lowest BCUT2D eigenvalue weighted by molar-refractivity contribution is -0.218. The van der Waals surface area contributed by atoms with Crippen molar-refractivity contribution in [3.05, 3.63) is 90.1 Å². The first-order valence-electron chi connectivity index (χ1n) is 13.0. The summed E-state index contributed by atoms with van der Waals surface area (Å²) in [6.45, 7) is 0.311. The lowest BCUT2D eigenvalue weighted by Crippen LogP contribution is -2.52. The molecule has 0 spiro atoms. The van der Waals surface area contributed by atoms with Crippen LogP contribution < -0.4 is 0 Å². The molecule has 3 unspecified atom stereocenters. The molecule has 0 radical (unpaired) electrons. The van der Waals surface area contributed by atoms with Crippen molar-refractivity contribution >= 4 is 23.8 Å². The molecule has 41 heavy (non-hydrogen) atoms. The van der Waals surface area contributed by atoms with E-state index in [9.17, 15) is 34.5 Å². The average Bonchev–Trinajstić information content (AvgIpc) is 3.44. The van der Waals surface area contributed by atoms with Crippen LogP contribution in [0.25, 0.3) is 11.3 Å². The summed E-state index contributed by atoms with van der Waals surface area (Å²) >= 11 is 0. The maximum atomic E-state index is 13.6. The molecule has 1 fully saturated rings. The van der Waals surface area contributed by atoms with Crippen LogP contribution in [0.1, 0.15) is 30.4 Å². The molecule has 11 heteroatoms. The minimum Gasteiger partial charge on any atom is -0.480 e. The Balaban J connectivity index is 1.64. The number of carboxylic acids is 3. The summed E-state index contributed by atoms with van der Waals surface area (Å²) in [4.78, 5) is 54.3. The SMILES string of the molecule is CC(C(CCc1ccccc1)c1ccc(-c2ccccc2)nc1)N(CC(=O)O)C(=O)C1COC(C(=O)O)(C(=O)O)O1. The third kappa shape index (κ3) is 6.59. The lowest BCUT2D eigenvalue weighted by Gasteiger charge is -2.35. The highest BCUT2D eigenvalue weighted by Crippen LogP contribution is 2.32. The number of amides is 1. The number of carbonyl (C=O) groups excluding carboxylic acids is 1. The van der Waals surface area contributed by atoms with E-state index in [1.54, 1.807) is 13.1 Å². The predicted molar refractivity (Wildman–Crippen MR) is 145 cm³/mol. The van der Waals surface area contributed by atoms with E-state index in [4.69, 9.17) is 9.47 Å². The topological polar surface area (TPSA) is 164 Å². The van der Waals surface area contributed by atoms with E-state index in [-0.39, 0.29) is 5.92 Å². The van der Waals surface area contributed by atoms with Crippen LogP contribution in [0.2, 0.25) is 0 Å². The molecule has 3 aromatic rings. The number of hydrogen-bond acceptors (Lipinski definition) is 7. The van der Waals surface area contributed by atoms with Crippen LogP contribution in [0.4, 0.5) is 0 Å². The average molecular weight is 563 g/mol. The number of aryl methyl sites for hydroxylation is 1. The van der Waals surface area contributed by atoms with Gasteiger partial charge in [-0.3, -0.25) is 14.6 Å². The van der Waals surface area contributed by atoms with Crippen LogP contribution >= 0.6 is 0 Å². The summed E-state index contributed by atoms with van der Waals surface area (Å²) in [5.41, 5.74) is 3.49. The van der Waals surface area contributed by atoms with Crippen molar-refractivity contribution in [2.24, 2.45) is 0 Å². The minimum absolute atomic E-state index is 0.387. The number of hydrogen-bond donors (Lipinski definition) is 3. The number of carbonyl (C=O) groups is 4. The smallest absolute Gasteiger partial charge is 0.377 e. The highest BCUT2D eigenvalue weighted by atomic mass is 16.8. The molecule has 1 aliphatic heterocycles. The maximum absolute atomic E-state index is 13.6. The Labute approximate surface area is 236 Å². The normalized spacial score (nSPS) is 17.3. The van der Waals surface area contributed by atoms with E-state index in [1.807, 2.05) is 72.8 Å². The highest BCUT2D eigenvalue weighted by Gasteiger charge is 2.58. The maximum Gasteiger partial charge on any atom is 0.377 e. The summed E-state index contributed by atoms with van der Waals surface area (Å²) in [5.74, 6) is -9.48. The largest absolute Gasteiger partial charge is 0.480 e. The fourth-order valence-corrected chi connectivity index (χ4v) is 4.93. The van der Waals surface area contributed by atoms with Gasteiger partial charge in [-0.25, -0.2) is 9.59 Å². The third-order valence-corrected chi connectivity index (χ3v) is 7.12. The minimum atomic E-state index is -3.05. The first-order chi connectivity index (χ1) is 19.6. The van der Waals surface area contributed by atoms with E-state index in [0.29, 0.717) is 12.8 Å². The van der Waals surface area contributed by atoms with Gasteiger partial charge in [-0.1, -0.05) is 66.7 Å². The van der Waals surface area contributed by atoms with E-state index in [1.165, 1.54) is 0 Å². The van der Waals surface area contributed by atoms with Crippen molar-refractivity contribution in [3.63, 3.8) is 0 Å². The Morgan fingerprint density at radius 1 is 0.951 bits per heavy atom. The van der Waals surface area contributed by atoms with E-state index < -0.39 is 54.9 Å². The summed E-state index contributed by atoms with van der Waals surface area (Å²) in [6.07, 6.45) is 1.22. The number of rotatable bonds is 12. The van der Waals surface area contributed by atoms with Crippen LogP contribution in [0, 0.1) is 0 Å². The number of aromatic nitrogens is 1. The predicted octanol–water partition coefficient (Wildman–Crippen LogP) is 3.05. The van der Waals surface area contributed by atoms with E-state index in [2.05, 4.69) is 4.98 Å². The first-order valence-corrected chi connectivity index (χ1v) is 13.0. The fraction of sp³-hybridized carbons (Fsp3) is 0.300. The second-order valence-electron chi connectivity index (χ2n) is 9.72. The molecule has 2 aromatic carbocycles. The van der Waals surface area contributed by atoms with Crippen molar-refractivity contribution in [3.8, 4) is 11.3 Å². The van der Waals surface area contributed by atoms with Crippen molar-refractivity contribution in [1.82, 2.24) is 9.88 Å². The van der Waals surface area contributed by atoms with Crippen LogP contribution in [-0.2, 0) is 35.1 Å². The molecule has 2 heterocycles. The molecule has 11 nitrogen and oxygen atoms in total. The number of ether oxygens (including phenoxy) is 2. The first kappa shape index (κ1) is 29.4. The Bertz CT molecular complexity index is 1370. The molecular formula is C30H30N2O9. The Morgan fingerprint density at radius 3 is 2.12 bits per heavy atom. The van der Waals surface area contributed by atoms with Crippen molar-refractivity contribution in [2.75, 3.05) is 13.2 Å². The summed E-state index contributed by atoms with van der Waals surface area (Å²) in [7, 11) is 0. The molecule has 1 amide bonds. The highest BCUT2D eigenvalue weighted by molar-refractivity contribution is 6.01. The van der Waals surface area contributed by atoms with Crippen molar-refractivity contribution in [1.29, 1.82) is 0 Å². The zero-order valence-corrected chi connectivity index (χ0v) is 22.3. The van der Waals surface area contributed by atoms with E-state index >= 15 is 0 Å². The zero-order valence-electron chi connectivity index (χ0n) is 22.3. The van der Waals surface area contributed by atoms with Gasteiger partial charge in [0.1, 0.15) is 6.54 Å². The van der Waals surface area contributed by atoms with Crippen LogP contribution in [0.15, 0.2) is 79.0 Å². The molecule has 0 saturated carbocycles. The van der Waals surface area contributed by atoms with Crippen molar-refractivity contribution in [2.45, 2.75) is 43.6 Å². The van der Waals surface area contributed by atoms with Gasteiger partial charge in [0.25, 0.3) is 5.91 Å². The quantitative estimate of drug-likeness (QED) is 0.280. The van der Waals surface area contributed by atoms with Gasteiger partial charge in [0.05, 0.1) is 12.3 Å². The van der Waals surface area contributed by atoms with Gasteiger partial charge in [0.2, 0.25) is 0 Å². The van der Waals surface area contributed by atoms with Gasteiger partial charge < -0.3 is 29.7 Å².